The summed E-state index contributed by atoms with van der Waals surface area (Å²) < 4.78 is 29.6. The minimum absolute atomic E-state index is 0. The van der Waals surface area contributed by atoms with E-state index in [1.165, 1.54) is 0 Å². The maximum Gasteiger partial charge on any atom is 0.267 e. The van der Waals surface area contributed by atoms with E-state index in [0.29, 0.717) is 18.8 Å². The first-order chi connectivity index (χ1) is 10.8. The standard InChI is InChI=1S/C18H24O4S.H3N/c1-17(2)15-8-9-18(17,16(19)12-15)10-11-23(20,21)22-13-14-6-4-3-5-7-14;/h3-7,15H,8-13H2,1-2H3;1H3. The second kappa shape index (κ2) is 6.58. The lowest BCUT2D eigenvalue weighted by Crippen LogP contribution is -2.37. The Hall–Kier alpha value is -1.24. The van der Waals surface area contributed by atoms with Crippen molar-refractivity contribution in [3.05, 3.63) is 35.9 Å². The molecule has 0 saturated heterocycles. The molecule has 1 aromatic rings. The van der Waals surface area contributed by atoms with E-state index < -0.39 is 15.5 Å². The van der Waals surface area contributed by atoms with Crippen molar-refractivity contribution in [3.8, 4) is 0 Å². The quantitative estimate of drug-likeness (QED) is 0.790. The Labute approximate surface area is 144 Å². The van der Waals surface area contributed by atoms with Crippen LogP contribution in [0.5, 0.6) is 0 Å². The summed E-state index contributed by atoms with van der Waals surface area (Å²) in [6, 6.07) is 9.24. The van der Waals surface area contributed by atoms with Crippen molar-refractivity contribution in [2.45, 2.75) is 46.1 Å². The first-order valence-electron chi connectivity index (χ1n) is 8.21. The molecule has 2 bridgehead atoms. The maximum atomic E-state index is 12.4. The second-order valence-corrected chi connectivity index (χ2v) is 9.19. The Morgan fingerprint density at radius 3 is 2.42 bits per heavy atom. The van der Waals surface area contributed by atoms with E-state index in [4.69, 9.17) is 4.18 Å². The SMILES string of the molecule is CC1(C)C2CCC1(CCS(=O)(=O)OCc1ccccc1)C(=O)C2.N. The van der Waals surface area contributed by atoms with Crippen LogP contribution in [0, 0.1) is 16.7 Å². The lowest BCUT2D eigenvalue weighted by Gasteiger charge is -2.36. The Morgan fingerprint density at radius 1 is 1.21 bits per heavy atom. The van der Waals surface area contributed by atoms with Crippen LogP contribution < -0.4 is 6.15 Å². The van der Waals surface area contributed by atoms with Crippen LogP contribution in [0.3, 0.4) is 0 Å². The number of fused-ring (bicyclic) bond motifs is 2. The van der Waals surface area contributed by atoms with Gasteiger partial charge in [-0.25, -0.2) is 0 Å². The van der Waals surface area contributed by atoms with Gasteiger partial charge in [0.25, 0.3) is 10.1 Å². The smallest absolute Gasteiger partial charge is 0.267 e. The number of rotatable bonds is 6. The third-order valence-electron chi connectivity index (χ3n) is 6.17. The van der Waals surface area contributed by atoms with Crippen LogP contribution >= 0.6 is 0 Å². The molecule has 0 aromatic heterocycles. The molecule has 5 nitrogen and oxygen atoms in total. The fourth-order valence-corrected chi connectivity index (χ4v) is 5.48. The minimum atomic E-state index is -3.62. The normalized spacial score (nSPS) is 27.9. The molecule has 6 heteroatoms. The number of carbonyl (C=O) groups excluding carboxylic acids is 1. The molecule has 1 aromatic carbocycles. The van der Waals surface area contributed by atoms with Gasteiger partial charge in [0.2, 0.25) is 0 Å². The van der Waals surface area contributed by atoms with Crippen molar-refractivity contribution in [2.24, 2.45) is 16.7 Å². The number of Topliss-reactive ketones (excluding diaryl/α,β-unsaturated/α-hetero) is 1. The molecule has 2 aliphatic carbocycles. The van der Waals surface area contributed by atoms with Crippen molar-refractivity contribution in [2.75, 3.05) is 5.75 Å². The largest absolute Gasteiger partial charge is 0.344 e. The molecule has 2 aliphatic rings. The van der Waals surface area contributed by atoms with E-state index in [0.717, 1.165) is 18.4 Å². The van der Waals surface area contributed by atoms with Crippen LogP contribution in [0.4, 0.5) is 0 Å². The summed E-state index contributed by atoms with van der Waals surface area (Å²) in [5.74, 6) is 0.571. The lowest BCUT2D eigenvalue weighted by molar-refractivity contribution is -0.129. The van der Waals surface area contributed by atoms with E-state index in [2.05, 4.69) is 13.8 Å². The van der Waals surface area contributed by atoms with Gasteiger partial charge in [-0.05, 0) is 36.2 Å². The van der Waals surface area contributed by atoms with Crippen LogP contribution in [0.15, 0.2) is 30.3 Å². The van der Waals surface area contributed by atoms with E-state index in [1.54, 1.807) is 0 Å². The van der Waals surface area contributed by atoms with Crippen LogP contribution in [0.25, 0.3) is 0 Å². The molecule has 0 heterocycles. The monoisotopic (exact) mass is 353 g/mol. The van der Waals surface area contributed by atoms with Gasteiger partial charge in [-0.3, -0.25) is 8.98 Å². The zero-order valence-electron chi connectivity index (χ0n) is 14.5. The summed E-state index contributed by atoms with van der Waals surface area (Å²) in [5, 5.41) is 0. The van der Waals surface area contributed by atoms with Gasteiger partial charge in [-0.2, -0.15) is 8.42 Å². The molecule has 2 saturated carbocycles. The highest BCUT2D eigenvalue weighted by Gasteiger charge is 2.63. The van der Waals surface area contributed by atoms with Gasteiger partial charge in [0.1, 0.15) is 5.78 Å². The number of hydrogen-bond donors (Lipinski definition) is 1. The molecular formula is C18H27NO4S. The average molecular weight is 353 g/mol. The third-order valence-corrected chi connectivity index (χ3v) is 7.35. The van der Waals surface area contributed by atoms with E-state index in [-0.39, 0.29) is 29.7 Å². The molecule has 0 aliphatic heterocycles. The Balaban J connectivity index is 0.00000208. The second-order valence-electron chi connectivity index (χ2n) is 7.43. The summed E-state index contributed by atoms with van der Waals surface area (Å²) in [4.78, 5) is 12.4. The predicted molar refractivity (Wildman–Crippen MR) is 93.2 cm³/mol. The Kier molecular flexibility index (Phi) is 5.23. The van der Waals surface area contributed by atoms with Gasteiger partial charge in [0.05, 0.1) is 12.4 Å². The predicted octanol–water partition coefficient (Wildman–Crippen LogP) is 3.48. The van der Waals surface area contributed by atoms with E-state index in [1.807, 2.05) is 30.3 Å². The molecule has 3 N–H and O–H groups in total. The van der Waals surface area contributed by atoms with Crippen molar-refractivity contribution in [1.82, 2.24) is 6.15 Å². The molecule has 134 valence electrons. The molecule has 2 atom stereocenters. The van der Waals surface area contributed by atoms with Gasteiger partial charge in [-0.1, -0.05) is 44.2 Å². The highest BCUT2D eigenvalue weighted by atomic mass is 32.2. The number of carbonyl (C=O) groups is 1. The van der Waals surface area contributed by atoms with Crippen LogP contribution in [0.1, 0.15) is 45.1 Å². The summed E-state index contributed by atoms with van der Waals surface area (Å²) in [7, 11) is -3.62. The summed E-state index contributed by atoms with van der Waals surface area (Å²) in [5.41, 5.74) is 0.257. The molecule has 0 amide bonds. The van der Waals surface area contributed by atoms with E-state index >= 15 is 0 Å². The zero-order valence-corrected chi connectivity index (χ0v) is 15.3. The highest BCUT2D eigenvalue weighted by molar-refractivity contribution is 7.86. The Bertz CT molecular complexity index is 699. The summed E-state index contributed by atoms with van der Waals surface area (Å²) in [6.07, 6.45) is 2.84. The first-order valence-corrected chi connectivity index (χ1v) is 9.79. The molecule has 2 unspecified atom stereocenters. The van der Waals surface area contributed by atoms with Crippen LogP contribution in [-0.2, 0) is 25.7 Å². The molecular weight excluding hydrogens is 326 g/mol. The zero-order chi connectivity index (χ0) is 16.7. The van der Waals surface area contributed by atoms with Gasteiger partial charge in [-0.15, -0.1) is 0 Å². The molecule has 0 spiro atoms. The molecule has 24 heavy (non-hydrogen) atoms. The van der Waals surface area contributed by atoms with Crippen LogP contribution in [-0.4, -0.2) is 20.0 Å². The minimum Gasteiger partial charge on any atom is -0.344 e. The topological polar surface area (TPSA) is 95.4 Å². The lowest BCUT2D eigenvalue weighted by atomic mass is 9.67. The van der Waals surface area contributed by atoms with Gasteiger partial charge in [0, 0.05) is 11.8 Å². The fourth-order valence-electron chi connectivity index (χ4n) is 4.45. The highest BCUT2D eigenvalue weighted by Crippen LogP contribution is 2.65. The van der Waals surface area contributed by atoms with Gasteiger partial charge in [0.15, 0.2) is 0 Å². The number of ketones is 1. The number of hydrogen-bond acceptors (Lipinski definition) is 5. The van der Waals surface area contributed by atoms with Crippen molar-refractivity contribution < 1.29 is 17.4 Å². The first kappa shape index (κ1) is 19.1. The average Bonchev–Trinajstić information content (AvgIpc) is 2.87. The van der Waals surface area contributed by atoms with Crippen molar-refractivity contribution in [3.63, 3.8) is 0 Å². The number of benzene rings is 1. The van der Waals surface area contributed by atoms with Crippen molar-refractivity contribution in [1.29, 1.82) is 0 Å². The van der Waals surface area contributed by atoms with Gasteiger partial charge < -0.3 is 6.15 Å². The van der Waals surface area contributed by atoms with Crippen molar-refractivity contribution >= 4 is 15.9 Å². The summed E-state index contributed by atoms with van der Waals surface area (Å²) in [6.45, 7) is 4.29. The fraction of sp³-hybridized carbons (Fsp3) is 0.611. The van der Waals surface area contributed by atoms with Gasteiger partial charge >= 0.3 is 0 Å². The molecule has 2 fully saturated rings. The Morgan fingerprint density at radius 2 is 1.88 bits per heavy atom. The van der Waals surface area contributed by atoms with Crippen LogP contribution in [0.2, 0.25) is 0 Å². The van der Waals surface area contributed by atoms with E-state index in [9.17, 15) is 13.2 Å². The third kappa shape index (κ3) is 3.15. The molecule has 3 rings (SSSR count). The summed E-state index contributed by atoms with van der Waals surface area (Å²) >= 11 is 0. The maximum absolute atomic E-state index is 12.4. The molecule has 0 radical (unpaired) electrons.